The zero-order valence-electron chi connectivity index (χ0n) is 13.6. The average Bonchev–Trinajstić information content (AvgIpc) is 2.49. The number of ketones is 1. The molecule has 1 N–H and O–H groups in total. The molecule has 0 aliphatic rings. The summed E-state index contributed by atoms with van der Waals surface area (Å²) < 4.78 is 0. The maximum absolute atomic E-state index is 12.1. The summed E-state index contributed by atoms with van der Waals surface area (Å²) in [6.45, 7) is 5.96. The van der Waals surface area contributed by atoms with E-state index in [-0.39, 0.29) is 24.5 Å². The van der Waals surface area contributed by atoms with Gasteiger partial charge in [0.15, 0.2) is 5.78 Å². The van der Waals surface area contributed by atoms with Crippen LogP contribution >= 0.6 is 11.6 Å². The Bertz CT molecular complexity index is 713. The van der Waals surface area contributed by atoms with Gasteiger partial charge >= 0.3 is 0 Å². The summed E-state index contributed by atoms with van der Waals surface area (Å²) >= 11 is 5.80. The Kier molecular flexibility index (Phi) is 5.56. The van der Waals surface area contributed by atoms with Gasteiger partial charge in [-0.2, -0.15) is 0 Å². The quantitative estimate of drug-likeness (QED) is 0.796. The topological polar surface area (TPSA) is 46.2 Å². The van der Waals surface area contributed by atoms with E-state index < -0.39 is 0 Å². The van der Waals surface area contributed by atoms with E-state index in [0.717, 1.165) is 22.4 Å². The summed E-state index contributed by atoms with van der Waals surface area (Å²) in [6, 6.07) is 10.8. The third-order valence-electron chi connectivity index (χ3n) is 3.69. The third-order valence-corrected chi connectivity index (χ3v) is 3.94. The molecular formula is C19H20ClNO2. The number of amides is 1. The molecule has 0 aliphatic carbocycles. The van der Waals surface area contributed by atoms with Crippen LogP contribution in [-0.4, -0.2) is 11.7 Å². The van der Waals surface area contributed by atoms with E-state index in [1.54, 1.807) is 24.3 Å². The standard InChI is InChI=1S/C19H20ClNO2/c1-12-10-13(2)19(14(3)11-12)21-18(23)9-8-17(22)15-4-6-16(20)7-5-15/h4-7,10-11H,8-9H2,1-3H3,(H,21,23). The molecule has 3 nitrogen and oxygen atoms in total. The van der Waals surface area contributed by atoms with Crippen molar-refractivity contribution in [2.75, 3.05) is 5.32 Å². The molecule has 0 radical (unpaired) electrons. The van der Waals surface area contributed by atoms with Crippen LogP contribution < -0.4 is 5.32 Å². The van der Waals surface area contributed by atoms with Crippen LogP contribution in [0.4, 0.5) is 5.69 Å². The molecule has 2 rings (SSSR count). The van der Waals surface area contributed by atoms with Gasteiger partial charge in [0.2, 0.25) is 5.91 Å². The highest BCUT2D eigenvalue weighted by Gasteiger charge is 2.12. The Labute approximate surface area is 141 Å². The predicted octanol–water partition coefficient (Wildman–Crippen LogP) is 4.87. The first-order chi connectivity index (χ1) is 10.9. The summed E-state index contributed by atoms with van der Waals surface area (Å²) in [5.74, 6) is -0.212. The number of halogens is 1. The van der Waals surface area contributed by atoms with Crippen LogP contribution in [0.25, 0.3) is 0 Å². The molecule has 120 valence electrons. The van der Waals surface area contributed by atoms with Crippen molar-refractivity contribution in [1.29, 1.82) is 0 Å². The van der Waals surface area contributed by atoms with Crippen LogP contribution in [0.1, 0.15) is 39.9 Å². The fourth-order valence-corrected chi connectivity index (χ4v) is 2.71. The Morgan fingerprint density at radius 2 is 1.52 bits per heavy atom. The van der Waals surface area contributed by atoms with Crippen molar-refractivity contribution in [3.05, 3.63) is 63.7 Å². The molecule has 4 heteroatoms. The van der Waals surface area contributed by atoms with Crippen molar-refractivity contribution in [1.82, 2.24) is 0 Å². The third kappa shape index (κ3) is 4.67. The van der Waals surface area contributed by atoms with Gasteiger partial charge in [-0.15, -0.1) is 0 Å². The van der Waals surface area contributed by atoms with Crippen molar-refractivity contribution in [2.45, 2.75) is 33.6 Å². The lowest BCUT2D eigenvalue weighted by atomic mass is 10.0. The second-order valence-corrected chi connectivity index (χ2v) is 6.19. The second-order valence-electron chi connectivity index (χ2n) is 5.75. The lowest BCUT2D eigenvalue weighted by Crippen LogP contribution is -2.15. The maximum Gasteiger partial charge on any atom is 0.224 e. The molecule has 0 aliphatic heterocycles. The normalized spacial score (nSPS) is 10.4. The van der Waals surface area contributed by atoms with Gasteiger partial charge in [0.25, 0.3) is 0 Å². The van der Waals surface area contributed by atoms with Crippen molar-refractivity contribution in [3.8, 4) is 0 Å². The van der Waals surface area contributed by atoms with E-state index in [1.807, 2.05) is 32.9 Å². The fraction of sp³-hybridized carbons (Fsp3) is 0.263. The van der Waals surface area contributed by atoms with Crippen LogP contribution in [0, 0.1) is 20.8 Å². The zero-order valence-corrected chi connectivity index (χ0v) is 14.3. The Hall–Kier alpha value is -2.13. The summed E-state index contributed by atoms with van der Waals surface area (Å²) in [6.07, 6.45) is 0.339. The molecule has 0 atom stereocenters. The molecule has 1 amide bonds. The number of carbonyl (C=O) groups is 2. The van der Waals surface area contributed by atoms with Gasteiger partial charge in [-0.05, 0) is 56.2 Å². The van der Waals surface area contributed by atoms with Gasteiger partial charge in [-0.1, -0.05) is 29.3 Å². The highest BCUT2D eigenvalue weighted by Crippen LogP contribution is 2.22. The molecular weight excluding hydrogens is 310 g/mol. The first-order valence-corrected chi connectivity index (χ1v) is 7.91. The molecule has 0 saturated carbocycles. The molecule has 0 unspecified atom stereocenters. The number of hydrogen-bond acceptors (Lipinski definition) is 2. The summed E-state index contributed by atoms with van der Waals surface area (Å²) in [4.78, 5) is 24.2. The van der Waals surface area contributed by atoms with E-state index in [2.05, 4.69) is 5.32 Å². The van der Waals surface area contributed by atoms with Crippen LogP contribution in [0.2, 0.25) is 5.02 Å². The largest absolute Gasteiger partial charge is 0.326 e. The van der Waals surface area contributed by atoms with Crippen molar-refractivity contribution in [2.24, 2.45) is 0 Å². The van der Waals surface area contributed by atoms with Gasteiger partial charge in [-0.3, -0.25) is 9.59 Å². The minimum Gasteiger partial charge on any atom is -0.326 e. The summed E-state index contributed by atoms with van der Waals surface area (Å²) in [7, 11) is 0. The SMILES string of the molecule is Cc1cc(C)c(NC(=O)CCC(=O)c2ccc(Cl)cc2)c(C)c1. The van der Waals surface area contributed by atoms with Crippen LogP contribution in [-0.2, 0) is 4.79 Å². The molecule has 0 saturated heterocycles. The highest BCUT2D eigenvalue weighted by molar-refractivity contribution is 6.30. The second kappa shape index (κ2) is 7.42. The Morgan fingerprint density at radius 3 is 2.09 bits per heavy atom. The molecule has 2 aromatic carbocycles. The lowest BCUT2D eigenvalue weighted by Gasteiger charge is -2.12. The van der Waals surface area contributed by atoms with Crippen molar-refractivity contribution < 1.29 is 9.59 Å². The maximum atomic E-state index is 12.1. The Balaban J connectivity index is 1.95. The van der Waals surface area contributed by atoms with Gasteiger partial charge in [0, 0.05) is 29.1 Å². The molecule has 23 heavy (non-hydrogen) atoms. The van der Waals surface area contributed by atoms with Crippen molar-refractivity contribution >= 4 is 29.0 Å². The molecule has 0 aromatic heterocycles. The number of rotatable bonds is 5. The first kappa shape index (κ1) is 17.2. The summed E-state index contributed by atoms with van der Waals surface area (Å²) in [5, 5.41) is 3.50. The first-order valence-electron chi connectivity index (χ1n) is 7.53. The Morgan fingerprint density at radius 1 is 0.957 bits per heavy atom. The molecule has 0 fully saturated rings. The minimum absolute atomic E-state index is 0.0610. The number of nitrogens with one attached hydrogen (secondary N) is 1. The summed E-state index contributed by atoms with van der Waals surface area (Å²) in [5.41, 5.74) is 4.63. The highest BCUT2D eigenvalue weighted by atomic mass is 35.5. The monoisotopic (exact) mass is 329 g/mol. The van der Waals surface area contributed by atoms with Crippen LogP contribution in [0.15, 0.2) is 36.4 Å². The van der Waals surface area contributed by atoms with E-state index in [1.165, 1.54) is 0 Å². The molecule has 2 aromatic rings. The minimum atomic E-state index is -0.151. The van der Waals surface area contributed by atoms with Crippen LogP contribution in [0.5, 0.6) is 0 Å². The zero-order chi connectivity index (χ0) is 17.0. The number of anilines is 1. The number of aryl methyl sites for hydroxylation is 3. The van der Waals surface area contributed by atoms with E-state index >= 15 is 0 Å². The number of hydrogen-bond donors (Lipinski definition) is 1. The fourth-order valence-electron chi connectivity index (χ4n) is 2.59. The van der Waals surface area contributed by atoms with E-state index in [9.17, 15) is 9.59 Å². The molecule has 0 bridgehead atoms. The van der Waals surface area contributed by atoms with Gasteiger partial charge in [0.05, 0.1) is 0 Å². The van der Waals surface area contributed by atoms with E-state index in [0.29, 0.717) is 10.6 Å². The predicted molar refractivity (Wildman–Crippen MR) is 94.3 cm³/mol. The molecule has 0 spiro atoms. The number of Topliss-reactive ketones (excluding diaryl/α,β-unsaturated/α-hetero) is 1. The van der Waals surface area contributed by atoms with Crippen LogP contribution in [0.3, 0.4) is 0 Å². The van der Waals surface area contributed by atoms with Gasteiger partial charge < -0.3 is 5.32 Å². The lowest BCUT2D eigenvalue weighted by molar-refractivity contribution is -0.116. The number of carbonyl (C=O) groups excluding carboxylic acids is 2. The van der Waals surface area contributed by atoms with Crippen molar-refractivity contribution in [3.63, 3.8) is 0 Å². The molecule has 0 heterocycles. The number of benzene rings is 2. The van der Waals surface area contributed by atoms with E-state index in [4.69, 9.17) is 11.6 Å². The van der Waals surface area contributed by atoms with Gasteiger partial charge in [-0.25, -0.2) is 0 Å². The smallest absolute Gasteiger partial charge is 0.224 e. The van der Waals surface area contributed by atoms with Gasteiger partial charge in [0.1, 0.15) is 0 Å². The average molecular weight is 330 g/mol.